The second-order valence-corrected chi connectivity index (χ2v) is 5.71. The van der Waals surface area contributed by atoms with Gasteiger partial charge in [-0.15, -0.1) is 0 Å². The van der Waals surface area contributed by atoms with E-state index < -0.39 is 0 Å². The number of aliphatic hydroxyl groups is 1. The Morgan fingerprint density at radius 1 is 1.17 bits per heavy atom. The molecule has 0 amide bonds. The number of rotatable bonds is 1. The van der Waals surface area contributed by atoms with Crippen molar-refractivity contribution in [2.45, 2.75) is 31.4 Å². The maximum Gasteiger partial charge on any atom is 0.165 e. The van der Waals surface area contributed by atoms with Gasteiger partial charge in [-0.25, -0.2) is 15.0 Å². The van der Waals surface area contributed by atoms with E-state index >= 15 is 0 Å². The standard InChI is InChI=1S/C12H13ClN4O/c13-11-10-12(15-4-14-11)17(5-16-10)8-2-7-1-6(8)3-9(7)18/h4-9,18H,1-3H2/t6-,7-,8+,9+/m1/s1. The summed E-state index contributed by atoms with van der Waals surface area (Å²) in [6.45, 7) is 0. The molecule has 6 heteroatoms. The third-order valence-electron chi connectivity index (χ3n) is 4.45. The zero-order valence-electron chi connectivity index (χ0n) is 9.70. The van der Waals surface area contributed by atoms with Crippen LogP contribution < -0.4 is 0 Å². The maximum atomic E-state index is 9.82. The quantitative estimate of drug-likeness (QED) is 0.798. The zero-order chi connectivity index (χ0) is 12.3. The first-order chi connectivity index (χ1) is 8.74. The second kappa shape index (κ2) is 3.65. The van der Waals surface area contributed by atoms with Gasteiger partial charge in [-0.2, -0.15) is 0 Å². The van der Waals surface area contributed by atoms with Crippen molar-refractivity contribution >= 4 is 22.8 Å². The predicted molar refractivity (Wildman–Crippen MR) is 66.2 cm³/mol. The van der Waals surface area contributed by atoms with Gasteiger partial charge < -0.3 is 9.67 Å². The molecular formula is C12H13ClN4O. The molecule has 0 radical (unpaired) electrons. The number of fused-ring (bicyclic) bond motifs is 3. The fraction of sp³-hybridized carbons (Fsp3) is 0.583. The monoisotopic (exact) mass is 264 g/mol. The predicted octanol–water partition coefficient (Wildman–Crippen LogP) is 1.81. The Morgan fingerprint density at radius 2 is 2.06 bits per heavy atom. The van der Waals surface area contributed by atoms with Crippen LogP contribution in [0.25, 0.3) is 11.2 Å². The SMILES string of the molecule is O[C@H]1C[C@H]2C[C@@H]1C[C@@H]2n1cnc2c(Cl)ncnc21. The lowest BCUT2D eigenvalue weighted by Gasteiger charge is -2.26. The lowest BCUT2D eigenvalue weighted by Crippen LogP contribution is -2.23. The summed E-state index contributed by atoms with van der Waals surface area (Å²) in [5.74, 6) is 0.978. The van der Waals surface area contributed by atoms with Crippen LogP contribution in [0.5, 0.6) is 0 Å². The van der Waals surface area contributed by atoms with Crippen LogP contribution in [0.3, 0.4) is 0 Å². The van der Waals surface area contributed by atoms with Gasteiger partial charge >= 0.3 is 0 Å². The molecule has 18 heavy (non-hydrogen) atoms. The molecule has 5 nitrogen and oxygen atoms in total. The van der Waals surface area contributed by atoms with Crippen molar-refractivity contribution in [3.05, 3.63) is 17.8 Å². The van der Waals surface area contributed by atoms with Crippen LogP contribution in [-0.4, -0.2) is 30.7 Å². The summed E-state index contributed by atoms with van der Waals surface area (Å²) in [4.78, 5) is 12.5. The van der Waals surface area contributed by atoms with Gasteiger partial charge in [0, 0.05) is 6.04 Å². The van der Waals surface area contributed by atoms with Gasteiger partial charge in [0.1, 0.15) is 11.8 Å². The van der Waals surface area contributed by atoms with Crippen LogP contribution >= 0.6 is 11.6 Å². The lowest BCUT2D eigenvalue weighted by molar-refractivity contribution is 0.0975. The molecule has 4 rings (SSSR count). The van der Waals surface area contributed by atoms with Gasteiger partial charge in [0.05, 0.1) is 12.4 Å². The van der Waals surface area contributed by atoms with Gasteiger partial charge in [-0.05, 0) is 31.1 Å². The zero-order valence-corrected chi connectivity index (χ0v) is 10.5. The number of hydrogen-bond acceptors (Lipinski definition) is 4. The molecule has 0 aromatic carbocycles. The highest BCUT2D eigenvalue weighted by Crippen LogP contribution is 2.51. The summed E-state index contributed by atoms with van der Waals surface area (Å²) >= 11 is 6.01. The van der Waals surface area contributed by atoms with E-state index in [2.05, 4.69) is 19.5 Å². The number of halogens is 1. The number of hydrogen-bond donors (Lipinski definition) is 1. The average Bonchev–Trinajstić information content (AvgIpc) is 3.00. The Labute approximate surface area is 109 Å². The van der Waals surface area contributed by atoms with E-state index in [0.29, 0.717) is 28.5 Å². The number of aromatic nitrogens is 4. The van der Waals surface area contributed by atoms with Crippen molar-refractivity contribution in [3.63, 3.8) is 0 Å². The van der Waals surface area contributed by atoms with Gasteiger partial charge in [-0.1, -0.05) is 11.6 Å². The molecular weight excluding hydrogens is 252 g/mol. The smallest absolute Gasteiger partial charge is 0.165 e. The molecule has 0 aliphatic heterocycles. The molecule has 2 heterocycles. The topological polar surface area (TPSA) is 63.8 Å². The van der Waals surface area contributed by atoms with E-state index in [1.807, 2.05) is 6.33 Å². The molecule has 2 aromatic heterocycles. The van der Waals surface area contributed by atoms with E-state index in [0.717, 1.165) is 24.9 Å². The summed E-state index contributed by atoms with van der Waals surface area (Å²) in [6.07, 6.45) is 6.20. The Morgan fingerprint density at radius 3 is 2.78 bits per heavy atom. The van der Waals surface area contributed by atoms with Crippen LogP contribution in [0.4, 0.5) is 0 Å². The summed E-state index contributed by atoms with van der Waals surface area (Å²) < 4.78 is 2.11. The summed E-state index contributed by atoms with van der Waals surface area (Å²) in [5, 5.41) is 10.2. The minimum atomic E-state index is -0.112. The molecule has 1 N–H and O–H groups in total. The van der Waals surface area contributed by atoms with E-state index in [4.69, 9.17) is 11.6 Å². The second-order valence-electron chi connectivity index (χ2n) is 5.35. The summed E-state index contributed by atoms with van der Waals surface area (Å²) in [7, 11) is 0. The van der Waals surface area contributed by atoms with Crippen LogP contribution in [0.1, 0.15) is 25.3 Å². The number of nitrogens with zero attached hydrogens (tertiary/aromatic N) is 4. The third-order valence-corrected chi connectivity index (χ3v) is 4.73. The van der Waals surface area contributed by atoms with Gasteiger partial charge in [-0.3, -0.25) is 0 Å². The average molecular weight is 265 g/mol. The molecule has 2 aromatic rings. The van der Waals surface area contributed by atoms with Crippen molar-refractivity contribution in [1.82, 2.24) is 19.5 Å². The molecule has 94 valence electrons. The van der Waals surface area contributed by atoms with Gasteiger partial charge in [0.15, 0.2) is 10.8 Å². The fourth-order valence-electron chi connectivity index (χ4n) is 3.62. The van der Waals surface area contributed by atoms with E-state index in [-0.39, 0.29) is 6.10 Å². The molecule has 0 saturated heterocycles. The number of aliphatic hydroxyl groups excluding tert-OH is 1. The first kappa shape index (κ1) is 10.7. The molecule has 2 aliphatic rings. The van der Waals surface area contributed by atoms with Crippen LogP contribution in [-0.2, 0) is 0 Å². The van der Waals surface area contributed by atoms with Gasteiger partial charge in [0.2, 0.25) is 0 Å². The van der Waals surface area contributed by atoms with Crippen LogP contribution in [0.15, 0.2) is 12.7 Å². The Balaban J connectivity index is 1.78. The van der Waals surface area contributed by atoms with E-state index in [1.54, 1.807) is 0 Å². The van der Waals surface area contributed by atoms with Crippen molar-refractivity contribution in [1.29, 1.82) is 0 Å². The highest BCUT2D eigenvalue weighted by atomic mass is 35.5. The van der Waals surface area contributed by atoms with E-state index in [1.165, 1.54) is 6.33 Å². The third kappa shape index (κ3) is 1.34. The van der Waals surface area contributed by atoms with Crippen molar-refractivity contribution in [3.8, 4) is 0 Å². The first-order valence-corrected chi connectivity index (χ1v) is 6.63. The Kier molecular flexibility index (Phi) is 2.17. The molecule has 0 unspecified atom stereocenters. The normalized spacial score (nSPS) is 34.6. The largest absolute Gasteiger partial charge is 0.393 e. The van der Waals surface area contributed by atoms with Crippen LogP contribution in [0.2, 0.25) is 5.15 Å². The van der Waals surface area contributed by atoms with Crippen LogP contribution in [0, 0.1) is 11.8 Å². The van der Waals surface area contributed by atoms with Crippen molar-refractivity contribution < 1.29 is 5.11 Å². The first-order valence-electron chi connectivity index (χ1n) is 6.25. The minimum absolute atomic E-state index is 0.112. The molecule has 2 aliphatic carbocycles. The van der Waals surface area contributed by atoms with Crippen molar-refractivity contribution in [2.24, 2.45) is 11.8 Å². The maximum absolute atomic E-state index is 9.82. The Hall–Kier alpha value is -1.20. The molecule has 0 spiro atoms. The fourth-order valence-corrected chi connectivity index (χ4v) is 3.80. The van der Waals surface area contributed by atoms with Gasteiger partial charge in [0.25, 0.3) is 0 Å². The lowest BCUT2D eigenvalue weighted by atomic mass is 9.93. The molecule has 2 saturated carbocycles. The molecule has 4 atom stereocenters. The van der Waals surface area contributed by atoms with Crippen molar-refractivity contribution in [2.75, 3.05) is 0 Å². The summed E-state index contributed by atoms with van der Waals surface area (Å²) in [6, 6.07) is 0.398. The Bertz CT molecular complexity index is 611. The highest BCUT2D eigenvalue weighted by Gasteiger charge is 2.46. The highest BCUT2D eigenvalue weighted by molar-refractivity contribution is 6.33. The molecule has 2 fully saturated rings. The van der Waals surface area contributed by atoms with E-state index in [9.17, 15) is 5.11 Å². The molecule has 2 bridgehead atoms. The number of imidazole rings is 1. The summed E-state index contributed by atoms with van der Waals surface area (Å²) in [5.41, 5.74) is 1.48. The minimum Gasteiger partial charge on any atom is -0.393 e.